The second-order valence-electron chi connectivity index (χ2n) is 3.44. The molecule has 0 spiro atoms. The van der Waals surface area contributed by atoms with Crippen LogP contribution >= 0.6 is 15.9 Å². The highest BCUT2D eigenvalue weighted by atomic mass is 79.9. The van der Waals surface area contributed by atoms with Crippen LogP contribution in [0.2, 0.25) is 0 Å². The molecule has 0 bridgehead atoms. The number of nitrogens with two attached hydrogens (primary N) is 1. The highest BCUT2D eigenvalue weighted by molar-refractivity contribution is 9.10. The molecule has 0 aliphatic carbocycles. The summed E-state index contributed by atoms with van der Waals surface area (Å²) in [5.41, 5.74) is 6.57. The first-order chi connectivity index (χ1) is 8.19. The predicted octanol–water partition coefficient (Wildman–Crippen LogP) is 1.89. The summed E-state index contributed by atoms with van der Waals surface area (Å²) in [5.74, 6) is 0.472. The Morgan fingerprint density at radius 3 is 2.88 bits per heavy atom. The van der Waals surface area contributed by atoms with E-state index in [-0.39, 0.29) is 12.4 Å². The molecule has 1 aromatic carbocycles. The third kappa shape index (κ3) is 4.36. The molecule has 1 aromatic rings. The topological polar surface area (TPSA) is 61.5 Å². The molecule has 4 nitrogen and oxygen atoms in total. The highest BCUT2D eigenvalue weighted by Gasteiger charge is 2.08. The van der Waals surface area contributed by atoms with Crippen LogP contribution in [0.5, 0.6) is 5.75 Å². The second kappa shape index (κ2) is 7.29. The molecule has 0 aromatic heterocycles. The Hall–Kier alpha value is -1.07. The molecular formula is C12H16BrNO3. The van der Waals surface area contributed by atoms with Crippen LogP contribution in [0.4, 0.5) is 0 Å². The van der Waals surface area contributed by atoms with E-state index in [2.05, 4.69) is 20.7 Å². The van der Waals surface area contributed by atoms with Crippen molar-refractivity contribution >= 4 is 21.9 Å². The average molecular weight is 302 g/mol. The van der Waals surface area contributed by atoms with Gasteiger partial charge in [0.15, 0.2) is 0 Å². The van der Waals surface area contributed by atoms with Crippen molar-refractivity contribution < 1.29 is 14.3 Å². The molecule has 17 heavy (non-hydrogen) atoms. The zero-order valence-corrected chi connectivity index (χ0v) is 11.3. The van der Waals surface area contributed by atoms with E-state index in [1.165, 1.54) is 7.11 Å². The lowest BCUT2D eigenvalue weighted by molar-refractivity contribution is -0.141. The summed E-state index contributed by atoms with van der Waals surface area (Å²) < 4.78 is 11.0. The van der Waals surface area contributed by atoms with Gasteiger partial charge >= 0.3 is 5.97 Å². The number of carbonyl (C=O) groups excluding carboxylic acids is 1. The second-order valence-corrected chi connectivity index (χ2v) is 4.30. The molecule has 0 heterocycles. The van der Waals surface area contributed by atoms with Crippen molar-refractivity contribution in [3.63, 3.8) is 0 Å². The number of benzene rings is 1. The van der Waals surface area contributed by atoms with E-state index in [0.29, 0.717) is 13.2 Å². The normalized spacial score (nSPS) is 10.1. The Morgan fingerprint density at radius 2 is 2.24 bits per heavy atom. The molecule has 1 rings (SSSR count). The first-order valence-corrected chi connectivity index (χ1v) is 6.15. The number of rotatable bonds is 6. The molecule has 0 fully saturated rings. The smallest absolute Gasteiger partial charge is 0.308 e. The maximum atomic E-state index is 11.0. The number of halogens is 1. The Kier molecular flexibility index (Phi) is 6.00. The number of methoxy groups -OCH3 is 1. The Balaban J connectivity index is 2.65. The molecule has 0 amide bonds. The number of ether oxygens (including phenoxy) is 2. The molecule has 0 unspecified atom stereocenters. The van der Waals surface area contributed by atoms with E-state index >= 15 is 0 Å². The van der Waals surface area contributed by atoms with Gasteiger partial charge in [0, 0.05) is 0 Å². The zero-order valence-electron chi connectivity index (χ0n) is 9.74. The van der Waals surface area contributed by atoms with E-state index in [9.17, 15) is 4.79 Å². The Bertz CT molecular complexity index is 382. The van der Waals surface area contributed by atoms with Crippen LogP contribution in [0.1, 0.15) is 12.0 Å². The highest BCUT2D eigenvalue weighted by Crippen LogP contribution is 2.29. The molecule has 0 atom stereocenters. The average Bonchev–Trinajstić information content (AvgIpc) is 2.32. The van der Waals surface area contributed by atoms with Crippen LogP contribution < -0.4 is 10.5 Å². The minimum absolute atomic E-state index is 0.236. The first kappa shape index (κ1) is 14.0. The molecule has 94 valence electrons. The van der Waals surface area contributed by atoms with Gasteiger partial charge in [0.2, 0.25) is 0 Å². The summed E-state index contributed by atoms with van der Waals surface area (Å²) in [6, 6.07) is 5.79. The first-order valence-electron chi connectivity index (χ1n) is 5.36. The van der Waals surface area contributed by atoms with Crippen molar-refractivity contribution in [2.24, 2.45) is 5.73 Å². The van der Waals surface area contributed by atoms with E-state index in [1.807, 2.05) is 18.2 Å². The van der Waals surface area contributed by atoms with Crippen LogP contribution in [-0.4, -0.2) is 26.2 Å². The minimum atomic E-state index is -0.280. The van der Waals surface area contributed by atoms with E-state index in [0.717, 1.165) is 22.2 Å². The summed E-state index contributed by atoms with van der Waals surface area (Å²) >= 11 is 3.42. The number of para-hydroxylation sites is 1. The predicted molar refractivity (Wildman–Crippen MR) is 69.0 cm³/mol. The molecular weight excluding hydrogens is 286 g/mol. The van der Waals surface area contributed by atoms with Gasteiger partial charge in [0.1, 0.15) is 5.75 Å². The van der Waals surface area contributed by atoms with Gasteiger partial charge in [-0.25, -0.2) is 0 Å². The van der Waals surface area contributed by atoms with E-state index in [1.54, 1.807) is 0 Å². The van der Waals surface area contributed by atoms with Crippen LogP contribution in [0.25, 0.3) is 0 Å². The van der Waals surface area contributed by atoms with Crippen LogP contribution in [0, 0.1) is 0 Å². The maximum Gasteiger partial charge on any atom is 0.308 e. The molecule has 2 N–H and O–H groups in total. The summed E-state index contributed by atoms with van der Waals surface area (Å²) in [6.45, 7) is 0.858. The van der Waals surface area contributed by atoms with Crippen LogP contribution in [0.15, 0.2) is 22.7 Å². The lowest BCUT2D eigenvalue weighted by Gasteiger charge is -2.12. The fourth-order valence-corrected chi connectivity index (χ4v) is 1.93. The monoisotopic (exact) mass is 301 g/mol. The Labute approximate surface area is 109 Å². The fourth-order valence-electron chi connectivity index (χ4n) is 1.41. The van der Waals surface area contributed by atoms with E-state index in [4.69, 9.17) is 10.5 Å². The molecule has 0 aliphatic rings. The van der Waals surface area contributed by atoms with Crippen LogP contribution in [-0.2, 0) is 16.0 Å². The number of carbonyl (C=O) groups is 1. The van der Waals surface area contributed by atoms with Gasteiger partial charge in [-0.3, -0.25) is 4.79 Å². The van der Waals surface area contributed by atoms with Crippen molar-refractivity contribution in [2.45, 2.75) is 12.8 Å². The third-order valence-electron chi connectivity index (χ3n) is 2.24. The van der Waals surface area contributed by atoms with Crippen LogP contribution in [0.3, 0.4) is 0 Å². The molecule has 5 heteroatoms. The molecule has 0 saturated carbocycles. The van der Waals surface area contributed by atoms with Gasteiger partial charge in [-0.15, -0.1) is 0 Å². The standard InChI is InChI=1S/C12H16BrNO3/c1-16-11(15)6-8-17-12-9(5-7-14)3-2-4-10(12)13/h2-4H,5-8,14H2,1H3. The largest absolute Gasteiger partial charge is 0.492 e. The fraction of sp³-hybridized carbons (Fsp3) is 0.417. The quantitative estimate of drug-likeness (QED) is 0.815. The van der Waals surface area contributed by atoms with Crippen molar-refractivity contribution in [1.82, 2.24) is 0 Å². The van der Waals surface area contributed by atoms with Gasteiger partial charge in [0.25, 0.3) is 0 Å². The molecule has 0 radical (unpaired) electrons. The number of hydrogen-bond donors (Lipinski definition) is 1. The Morgan fingerprint density at radius 1 is 1.47 bits per heavy atom. The van der Waals surface area contributed by atoms with Crippen molar-refractivity contribution in [3.05, 3.63) is 28.2 Å². The lowest BCUT2D eigenvalue weighted by atomic mass is 10.1. The van der Waals surface area contributed by atoms with Crippen molar-refractivity contribution in [2.75, 3.05) is 20.3 Å². The zero-order chi connectivity index (χ0) is 12.7. The SMILES string of the molecule is COC(=O)CCOc1c(Br)cccc1CCN. The lowest BCUT2D eigenvalue weighted by Crippen LogP contribution is -2.10. The van der Waals surface area contributed by atoms with Gasteiger partial charge in [0.05, 0.1) is 24.6 Å². The number of hydrogen-bond acceptors (Lipinski definition) is 4. The van der Waals surface area contributed by atoms with Gasteiger partial charge in [-0.1, -0.05) is 12.1 Å². The summed E-state index contributed by atoms with van der Waals surface area (Å²) in [4.78, 5) is 11.0. The third-order valence-corrected chi connectivity index (χ3v) is 2.87. The minimum Gasteiger partial charge on any atom is -0.492 e. The van der Waals surface area contributed by atoms with Gasteiger partial charge < -0.3 is 15.2 Å². The van der Waals surface area contributed by atoms with Crippen molar-refractivity contribution in [3.8, 4) is 5.75 Å². The molecule has 0 saturated heterocycles. The van der Waals surface area contributed by atoms with Gasteiger partial charge in [-0.05, 0) is 40.5 Å². The van der Waals surface area contributed by atoms with E-state index < -0.39 is 0 Å². The summed E-state index contributed by atoms with van der Waals surface area (Å²) in [5, 5.41) is 0. The molecule has 0 aliphatic heterocycles. The van der Waals surface area contributed by atoms with Gasteiger partial charge in [-0.2, -0.15) is 0 Å². The number of esters is 1. The summed E-state index contributed by atoms with van der Waals surface area (Å²) in [6.07, 6.45) is 0.979. The summed E-state index contributed by atoms with van der Waals surface area (Å²) in [7, 11) is 1.36. The maximum absolute atomic E-state index is 11.0. The van der Waals surface area contributed by atoms with Crippen molar-refractivity contribution in [1.29, 1.82) is 0 Å².